The van der Waals surface area contributed by atoms with E-state index in [1.165, 1.54) is 0 Å². The third kappa shape index (κ3) is 1.69. The molecule has 0 fully saturated rings. The van der Waals surface area contributed by atoms with Gasteiger partial charge >= 0.3 is 0 Å². The topological polar surface area (TPSA) is 50.4 Å². The molecule has 2 aromatic rings. The van der Waals surface area contributed by atoms with Gasteiger partial charge in [-0.15, -0.1) is 0 Å². The Kier molecular flexibility index (Phi) is 2.72. The molecule has 1 aromatic heterocycles. The van der Waals surface area contributed by atoms with Crippen LogP contribution in [-0.4, -0.2) is 20.7 Å². The highest BCUT2D eigenvalue weighted by molar-refractivity contribution is 5.99. The van der Waals surface area contributed by atoms with Crippen molar-refractivity contribution in [3.63, 3.8) is 0 Å². The Morgan fingerprint density at radius 3 is 2.62 bits per heavy atom. The Hall–Kier alpha value is -2.10. The fourth-order valence-electron chi connectivity index (χ4n) is 1.65. The first-order valence-corrected chi connectivity index (χ1v) is 5.03. The lowest BCUT2D eigenvalue weighted by Crippen LogP contribution is -2.01. The number of benzene rings is 1. The van der Waals surface area contributed by atoms with Crippen molar-refractivity contribution < 1.29 is 5.21 Å². The van der Waals surface area contributed by atoms with Gasteiger partial charge < -0.3 is 5.21 Å². The number of hydrogen-bond acceptors (Lipinski definition) is 3. The monoisotopic (exact) mass is 215 g/mol. The Morgan fingerprint density at radius 2 is 2.00 bits per heavy atom. The fraction of sp³-hybridized carbons (Fsp3) is 0.167. The molecule has 0 aliphatic carbocycles. The zero-order valence-corrected chi connectivity index (χ0v) is 9.25. The number of rotatable bonds is 2. The van der Waals surface area contributed by atoms with Crippen molar-refractivity contribution in [2.45, 2.75) is 13.8 Å². The molecule has 0 aliphatic rings. The van der Waals surface area contributed by atoms with Crippen molar-refractivity contribution >= 4 is 5.71 Å². The van der Waals surface area contributed by atoms with Gasteiger partial charge in [0.15, 0.2) is 0 Å². The lowest BCUT2D eigenvalue weighted by Gasteiger charge is -2.04. The first-order valence-electron chi connectivity index (χ1n) is 5.03. The van der Waals surface area contributed by atoms with E-state index in [-0.39, 0.29) is 0 Å². The van der Waals surface area contributed by atoms with Crippen LogP contribution in [0.5, 0.6) is 0 Å². The highest BCUT2D eigenvalue weighted by Gasteiger charge is 2.10. The molecule has 0 amide bonds. The highest BCUT2D eigenvalue weighted by Crippen LogP contribution is 2.14. The molecule has 4 nitrogen and oxygen atoms in total. The number of nitrogens with zero attached hydrogens (tertiary/aromatic N) is 3. The molecule has 0 radical (unpaired) electrons. The third-order valence-corrected chi connectivity index (χ3v) is 2.55. The third-order valence-electron chi connectivity index (χ3n) is 2.55. The van der Waals surface area contributed by atoms with Crippen molar-refractivity contribution in [3.8, 4) is 5.69 Å². The minimum Gasteiger partial charge on any atom is -0.411 e. The molecule has 1 aromatic carbocycles. The smallest absolute Gasteiger partial charge is 0.0871 e. The SMILES string of the molecule is C/C(=N\O)c1cnn(-c2ccccc2)c1C. The summed E-state index contributed by atoms with van der Waals surface area (Å²) in [6.07, 6.45) is 1.71. The van der Waals surface area contributed by atoms with Crippen LogP contribution in [0.2, 0.25) is 0 Å². The van der Waals surface area contributed by atoms with Gasteiger partial charge in [-0.05, 0) is 26.0 Å². The Morgan fingerprint density at radius 1 is 1.31 bits per heavy atom. The molecule has 0 saturated carbocycles. The Bertz CT molecular complexity index is 514. The van der Waals surface area contributed by atoms with Gasteiger partial charge in [-0.25, -0.2) is 4.68 Å². The summed E-state index contributed by atoms with van der Waals surface area (Å²) in [5.41, 5.74) is 3.38. The largest absolute Gasteiger partial charge is 0.411 e. The van der Waals surface area contributed by atoms with Crippen LogP contribution in [0, 0.1) is 6.92 Å². The summed E-state index contributed by atoms with van der Waals surface area (Å²) in [6.45, 7) is 3.70. The first-order chi connectivity index (χ1) is 7.74. The van der Waals surface area contributed by atoms with Gasteiger partial charge in [-0.3, -0.25) is 0 Å². The first kappa shape index (κ1) is 10.4. The second-order valence-electron chi connectivity index (χ2n) is 3.58. The molecule has 0 spiro atoms. The van der Waals surface area contributed by atoms with E-state index in [0.29, 0.717) is 5.71 Å². The lowest BCUT2D eigenvalue weighted by atomic mass is 10.2. The maximum atomic E-state index is 8.74. The zero-order valence-electron chi connectivity index (χ0n) is 9.25. The zero-order chi connectivity index (χ0) is 11.5. The Labute approximate surface area is 93.8 Å². The molecule has 4 heteroatoms. The molecule has 1 heterocycles. The van der Waals surface area contributed by atoms with Gasteiger partial charge in [0.05, 0.1) is 23.3 Å². The molecule has 0 saturated heterocycles. The standard InChI is InChI=1S/C12H13N3O/c1-9(14-16)12-8-13-15(10(12)2)11-6-4-3-5-7-11/h3-8,16H,1-2H3/b14-9+. The maximum Gasteiger partial charge on any atom is 0.0871 e. The summed E-state index contributed by atoms with van der Waals surface area (Å²) >= 11 is 0. The van der Waals surface area contributed by atoms with Crippen molar-refractivity contribution in [1.29, 1.82) is 0 Å². The van der Waals surface area contributed by atoms with Crippen LogP contribution in [0.25, 0.3) is 5.69 Å². The molecule has 0 unspecified atom stereocenters. The van der Waals surface area contributed by atoms with Crippen LogP contribution in [0.3, 0.4) is 0 Å². The molecular weight excluding hydrogens is 202 g/mol. The van der Waals surface area contributed by atoms with Gasteiger partial charge in [-0.1, -0.05) is 23.4 Å². The summed E-state index contributed by atoms with van der Waals surface area (Å²) in [7, 11) is 0. The van der Waals surface area contributed by atoms with Crippen molar-refractivity contribution in [2.24, 2.45) is 5.16 Å². The average Bonchev–Trinajstić information content (AvgIpc) is 2.71. The quantitative estimate of drug-likeness (QED) is 0.475. The van der Waals surface area contributed by atoms with Crippen LogP contribution < -0.4 is 0 Å². The molecule has 82 valence electrons. The van der Waals surface area contributed by atoms with Crippen molar-refractivity contribution in [1.82, 2.24) is 9.78 Å². The summed E-state index contributed by atoms with van der Waals surface area (Å²) in [6, 6.07) is 9.85. The van der Waals surface area contributed by atoms with E-state index in [4.69, 9.17) is 5.21 Å². The van der Waals surface area contributed by atoms with Crippen molar-refractivity contribution in [3.05, 3.63) is 47.8 Å². The minimum absolute atomic E-state index is 0.569. The maximum absolute atomic E-state index is 8.74. The normalized spacial score (nSPS) is 11.8. The van der Waals surface area contributed by atoms with Crippen LogP contribution in [0.4, 0.5) is 0 Å². The summed E-state index contributed by atoms with van der Waals surface area (Å²) in [5, 5.41) is 16.2. The van der Waals surface area contributed by atoms with Crippen LogP contribution in [0.1, 0.15) is 18.2 Å². The predicted molar refractivity (Wildman–Crippen MR) is 62.3 cm³/mol. The van der Waals surface area contributed by atoms with E-state index in [0.717, 1.165) is 16.9 Å². The Balaban J connectivity index is 2.50. The number of aromatic nitrogens is 2. The molecule has 2 rings (SSSR count). The second-order valence-corrected chi connectivity index (χ2v) is 3.58. The number of para-hydroxylation sites is 1. The van der Waals surface area contributed by atoms with Gasteiger partial charge in [0.25, 0.3) is 0 Å². The van der Waals surface area contributed by atoms with E-state index in [1.54, 1.807) is 13.1 Å². The molecule has 0 bridgehead atoms. The van der Waals surface area contributed by atoms with Crippen molar-refractivity contribution in [2.75, 3.05) is 0 Å². The average molecular weight is 215 g/mol. The van der Waals surface area contributed by atoms with Gasteiger partial charge in [0.1, 0.15) is 0 Å². The van der Waals surface area contributed by atoms with E-state index in [1.807, 2.05) is 41.9 Å². The van der Waals surface area contributed by atoms with Crippen LogP contribution in [0.15, 0.2) is 41.7 Å². The molecule has 0 aliphatic heterocycles. The molecule has 1 N–H and O–H groups in total. The van der Waals surface area contributed by atoms with Crippen LogP contribution >= 0.6 is 0 Å². The van der Waals surface area contributed by atoms with Crippen LogP contribution in [-0.2, 0) is 0 Å². The van der Waals surface area contributed by atoms with E-state index in [2.05, 4.69) is 10.3 Å². The highest BCUT2D eigenvalue weighted by atomic mass is 16.4. The minimum atomic E-state index is 0.569. The number of hydrogen-bond donors (Lipinski definition) is 1. The summed E-state index contributed by atoms with van der Waals surface area (Å²) in [4.78, 5) is 0. The van der Waals surface area contributed by atoms with Gasteiger partial charge in [-0.2, -0.15) is 5.10 Å². The molecule has 0 atom stereocenters. The van der Waals surface area contributed by atoms with E-state index in [9.17, 15) is 0 Å². The number of oxime groups is 1. The molecule has 16 heavy (non-hydrogen) atoms. The van der Waals surface area contributed by atoms with Gasteiger partial charge in [0.2, 0.25) is 0 Å². The van der Waals surface area contributed by atoms with Gasteiger partial charge in [0, 0.05) is 5.56 Å². The predicted octanol–water partition coefficient (Wildman–Crippen LogP) is 2.38. The van der Waals surface area contributed by atoms with E-state index < -0.39 is 0 Å². The fourth-order valence-corrected chi connectivity index (χ4v) is 1.65. The summed E-state index contributed by atoms with van der Waals surface area (Å²) in [5.74, 6) is 0. The van der Waals surface area contributed by atoms with E-state index >= 15 is 0 Å². The molecular formula is C12H13N3O. The lowest BCUT2D eigenvalue weighted by molar-refractivity contribution is 0.319. The second kappa shape index (κ2) is 4.18. The summed E-state index contributed by atoms with van der Waals surface area (Å²) < 4.78 is 1.82.